The maximum atomic E-state index is 12.4. The van der Waals surface area contributed by atoms with E-state index in [9.17, 15) is 4.79 Å². The van der Waals surface area contributed by atoms with Crippen molar-refractivity contribution in [1.82, 2.24) is 20.1 Å². The molecule has 11 heteroatoms. The van der Waals surface area contributed by atoms with E-state index in [1.54, 1.807) is 24.3 Å². The second-order valence-corrected chi connectivity index (χ2v) is 10.7. The molecule has 0 saturated carbocycles. The van der Waals surface area contributed by atoms with Crippen LogP contribution in [0.2, 0.25) is 5.02 Å². The average Bonchev–Trinajstić information content (AvgIpc) is 3.57. The van der Waals surface area contributed by atoms with Crippen molar-refractivity contribution in [2.45, 2.75) is 45.6 Å². The highest BCUT2D eigenvalue weighted by Gasteiger charge is 2.23. The van der Waals surface area contributed by atoms with Gasteiger partial charge in [-0.15, -0.1) is 0 Å². The topological polar surface area (TPSA) is 142 Å². The highest BCUT2D eigenvalue weighted by Crippen LogP contribution is 2.33. The number of carboxylic acids is 1. The predicted octanol–water partition coefficient (Wildman–Crippen LogP) is 5.21. The molecule has 2 aromatic heterocycles. The first-order valence-corrected chi connectivity index (χ1v) is 14.0. The molecule has 5 rings (SSSR count). The van der Waals surface area contributed by atoms with Gasteiger partial charge in [0.15, 0.2) is 5.75 Å². The molecule has 1 amide bonds. The van der Waals surface area contributed by atoms with Gasteiger partial charge in [0.05, 0.1) is 11.2 Å². The van der Waals surface area contributed by atoms with Crippen molar-refractivity contribution in [2.75, 3.05) is 25.0 Å². The largest absolute Gasteiger partial charge is 0.480 e. The number of nitrogens with one attached hydrogen (secondary N) is 3. The third-order valence-electron chi connectivity index (χ3n) is 6.92. The van der Waals surface area contributed by atoms with E-state index in [2.05, 4.69) is 40.8 Å². The molecule has 1 atom stereocenters. The van der Waals surface area contributed by atoms with Crippen molar-refractivity contribution in [2.24, 2.45) is 5.92 Å². The Morgan fingerprint density at radius 3 is 2.73 bits per heavy atom. The number of amides is 1. The van der Waals surface area contributed by atoms with Crippen LogP contribution in [0, 0.1) is 5.92 Å². The number of para-hydroxylation sites is 1. The number of fused-ring (bicyclic) bond motifs is 3. The number of aryl methyl sites for hydroxylation is 1. The number of hydrogen-bond acceptors (Lipinski definition) is 6. The number of ether oxygens (including phenoxy) is 1. The summed E-state index contributed by atoms with van der Waals surface area (Å²) in [5.74, 6) is -0.275. The second-order valence-electron chi connectivity index (χ2n) is 10.3. The smallest absolute Gasteiger partial charge is 0.417 e. The molecule has 41 heavy (non-hydrogen) atoms. The standard InChI is InChI=1S/C28H32ClN5O2.C2H4O3/c1-18(2)34-17-20(16-31-34)11-12-30-15-19-7-9-25-22(13-19)23-14-21(8-10-26(23)33-25)32-28(35)36-27-6-4-3-5-24(27)29;3-1-2(4)5/h3-6,8,10,14,16-19,30,33H,7,9,11-13,15H2,1-2H3,(H,32,35);3H,1H2,(H,4,5). The van der Waals surface area contributed by atoms with Gasteiger partial charge in [-0.25, -0.2) is 9.59 Å². The fourth-order valence-electron chi connectivity index (χ4n) is 4.84. The lowest BCUT2D eigenvalue weighted by atomic mass is 9.86. The minimum Gasteiger partial charge on any atom is -0.480 e. The normalized spacial score (nSPS) is 14.3. The predicted molar refractivity (Wildman–Crippen MR) is 159 cm³/mol. The number of carbonyl (C=O) groups excluding carboxylic acids is 1. The number of H-pyrrole nitrogens is 1. The maximum absolute atomic E-state index is 12.4. The Morgan fingerprint density at radius 2 is 2.02 bits per heavy atom. The minimum atomic E-state index is -1.19. The number of nitrogens with zero attached hydrogens (tertiary/aromatic N) is 2. The van der Waals surface area contributed by atoms with Crippen molar-refractivity contribution in [3.8, 4) is 5.75 Å². The molecule has 0 bridgehead atoms. The van der Waals surface area contributed by atoms with Gasteiger partial charge in [-0.05, 0) is 100.0 Å². The van der Waals surface area contributed by atoms with Crippen molar-refractivity contribution in [3.05, 3.63) is 76.7 Å². The highest BCUT2D eigenvalue weighted by atomic mass is 35.5. The molecule has 0 aliphatic heterocycles. The third-order valence-corrected chi connectivity index (χ3v) is 7.23. The van der Waals surface area contributed by atoms with E-state index in [1.807, 2.05) is 29.1 Å². The molecule has 0 radical (unpaired) electrons. The van der Waals surface area contributed by atoms with Gasteiger partial charge in [-0.1, -0.05) is 23.7 Å². The second kappa shape index (κ2) is 14.2. The number of hydrogen-bond donors (Lipinski definition) is 5. The number of aliphatic hydroxyl groups excluding tert-OH is 1. The molecular weight excluding hydrogens is 546 g/mol. The lowest BCUT2D eigenvalue weighted by molar-refractivity contribution is -0.140. The van der Waals surface area contributed by atoms with Crippen LogP contribution in [0.4, 0.5) is 10.5 Å². The van der Waals surface area contributed by atoms with Crippen molar-refractivity contribution in [3.63, 3.8) is 0 Å². The molecule has 5 N–H and O–H groups in total. The summed E-state index contributed by atoms with van der Waals surface area (Å²) in [7, 11) is 0. The molecule has 0 spiro atoms. The summed E-state index contributed by atoms with van der Waals surface area (Å²) in [5.41, 5.74) is 5.72. The fraction of sp³-hybridized carbons (Fsp3) is 0.367. The molecule has 10 nitrogen and oxygen atoms in total. The maximum Gasteiger partial charge on any atom is 0.417 e. The molecule has 0 saturated heterocycles. The molecule has 218 valence electrons. The van der Waals surface area contributed by atoms with E-state index >= 15 is 0 Å². The first-order valence-electron chi connectivity index (χ1n) is 13.7. The number of aliphatic hydroxyl groups is 1. The Labute approximate surface area is 243 Å². The number of aromatic amines is 1. The first kappa shape index (κ1) is 30.1. The van der Waals surface area contributed by atoms with Gasteiger partial charge in [0.2, 0.25) is 0 Å². The summed E-state index contributed by atoms with van der Waals surface area (Å²) in [6.07, 6.45) is 7.74. The molecule has 1 aliphatic rings. The lowest BCUT2D eigenvalue weighted by Crippen LogP contribution is -2.28. The van der Waals surface area contributed by atoms with Gasteiger partial charge in [0.25, 0.3) is 0 Å². The van der Waals surface area contributed by atoms with Crippen LogP contribution in [-0.2, 0) is 24.1 Å². The quantitative estimate of drug-likeness (QED) is 0.171. The van der Waals surface area contributed by atoms with Crippen LogP contribution in [-0.4, -0.2) is 56.7 Å². The zero-order valence-electron chi connectivity index (χ0n) is 23.2. The number of halogens is 1. The summed E-state index contributed by atoms with van der Waals surface area (Å²) >= 11 is 6.10. The van der Waals surface area contributed by atoms with Crippen LogP contribution >= 0.6 is 11.6 Å². The van der Waals surface area contributed by atoms with Crippen molar-refractivity contribution < 1.29 is 24.5 Å². The van der Waals surface area contributed by atoms with Crippen LogP contribution < -0.4 is 15.4 Å². The summed E-state index contributed by atoms with van der Waals surface area (Å²) in [6, 6.07) is 13.2. The number of benzene rings is 2. The van der Waals surface area contributed by atoms with Gasteiger partial charge in [0, 0.05) is 34.5 Å². The highest BCUT2D eigenvalue weighted by molar-refractivity contribution is 6.32. The van der Waals surface area contributed by atoms with Crippen LogP contribution in [0.1, 0.15) is 43.1 Å². The Hall–Kier alpha value is -3.86. The van der Waals surface area contributed by atoms with Gasteiger partial charge < -0.3 is 25.3 Å². The van der Waals surface area contributed by atoms with Gasteiger partial charge >= 0.3 is 12.1 Å². The monoisotopic (exact) mass is 581 g/mol. The zero-order chi connectivity index (χ0) is 29.4. The van der Waals surface area contributed by atoms with E-state index in [0.29, 0.717) is 28.4 Å². The Balaban J connectivity index is 0.000000714. The van der Waals surface area contributed by atoms with E-state index in [1.165, 1.54) is 16.8 Å². The molecule has 0 fully saturated rings. The molecule has 4 aromatic rings. The summed E-state index contributed by atoms with van der Waals surface area (Å²) in [6.45, 7) is 5.44. The van der Waals surface area contributed by atoms with Gasteiger partial charge in [-0.3, -0.25) is 10.00 Å². The minimum absolute atomic E-state index is 0.334. The molecule has 1 unspecified atom stereocenters. The average molecular weight is 582 g/mol. The Kier molecular flexibility index (Phi) is 10.4. The first-order chi connectivity index (χ1) is 19.7. The van der Waals surface area contributed by atoms with Gasteiger partial charge in [-0.2, -0.15) is 5.10 Å². The number of rotatable bonds is 9. The number of anilines is 1. The van der Waals surface area contributed by atoms with E-state index in [-0.39, 0.29) is 0 Å². The van der Waals surface area contributed by atoms with E-state index in [0.717, 1.165) is 49.7 Å². The summed E-state index contributed by atoms with van der Waals surface area (Å²) in [4.78, 5) is 25.1. The zero-order valence-corrected chi connectivity index (χ0v) is 23.9. The molecule has 2 aromatic carbocycles. The summed E-state index contributed by atoms with van der Waals surface area (Å²) in [5, 5.41) is 27.5. The summed E-state index contributed by atoms with van der Waals surface area (Å²) < 4.78 is 7.38. The lowest BCUT2D eigenvalue weighted by Gasteiger charge is -2.23. The van der Waals surface area contributed by atoms with Crippen LogP contribution in [0.25, 0.3) is 10.9 Å². The van der Waals surface area contributed by atoms with Crippen molar-refractivity contribution in [1.29, 1.82) is 0 Å². The van der Waals surface area contributed by atoms with Crippen LogP contribution in [0.5, 0.6) is 5.75 Å². The number of aliphatic carboxylic acids is 1. The fourth-order valence-corrected chi connectivity index (χ4v) is 5.01. The molecular formula is C30H36ClN5O5. The van der Waals surface area contributed by atoms with E-state index < -0.39 is 18.7 Å². The van der Waals surface area contributed by atoms with E-state index in [4.69, 9.17) is 31.3 Å². The third kappa shape index (κ3) is 8.32. The molecule has 2 heterocycles. The molecule has 1 aliphatic carbocycles. The Bertz CT molecular complexity index is 1480. The van der Waals surface area contributed by atoms with Crippen LogP contribution in [0.3, 0.4) is 0 Å². The number of carbonyl (C=O) groups is 2. The van der Waals surface area contributed by atoms with Crippen molar-refractivity contribution >= 4 is 40.3 Å². The Morgan fingerprint density at radius 1 is 1.24 bits per heavy atom. The SMILES string of the molecule is CC(C)n1cc(CCNCC2CCc3[nH]c4ccc(NC(=O)Oc5ccccc5Cl)cc4c3C2)cn1.O=C(O)CO. The number of aromatic nitrogens is 3. The van der Waals surface area contributed by atoms with Gasteiger partial charge in [0.1, 0.15) is 6.61 Å². The number of carboxylic acid groups (broad SMARTS) is 1. The van der Waals surface area contributed by atoms with Crippen LogP contribution in [0.15, 0.2) is 54.9 Å².